The minimum Gasteiger partial charge on any atom is -0.455 e. The zero-order valence-corrected chi connectivity index (χ0v) is 16.3. The van der Waals surface area contributed by atoms with Crippen LogP contribution in [0.4, 0.5) is 11.4 Å². The van der Waals surface area contributed by atoms with Gasteiger partial charge in [0.15, 0.2) is 6.61 Å². The van der Waals surface area contributed by atoms with Crippen molar-refractivity contribution in [2.24, 2.45) is 0 Å². The predicted octanol–water partition coefficient (Wildman–Crippen LogP) is 3.27. The molecule has 0 radical (unpaired) electrons. The van der Waals surface area contributed by atoms with E-state index in [1.807, 2.05) is 30.3 Å². The lowest BCUT2D eigenvalue weighted by atomic mass is 9.85. The molecule has 28 heavy (non-hydrogen) atoms. The fourth-order valence-corrected chi connectivity index (χ4v) is 3.32. The third-order valence-electron chi connectivity index (χ3n) is 4.96. The molecule has 2 amide bonds. The molecule has 2 aromatic carbocycles. The topological polar surface area (TPSA) is 75.7 Å². The van der Waals surface area contributed by atoms with E-state index in [1.54, 1.807) is 45.0 Å². The summed E-state index contributed by atoms with van der Waals surface area (Å²) in [7, 11) is 0. The number of carbonyl (C=O) groups excluding carboxylic acids is 3. The Labute approximate surface area is 164 Å². The lowest BCUT2D eigenvalue weighted by Crippen LogP contribution is -2.42. The first-order chi connectivity index (χ1) is 13.3. The van der Waals surface area contributed by atoms with Gasteiger partial charge >= 0.3 is 5.97 Å². The van der Waals surface area contributed by atoms with E-state index in [2.05, 4.69) is 5.32 Å². The quantitative estimate of drug-likeness (QED) is 0.826. The van der Waals surface area contributed by atoms with Crippen molar-refractivity contribution in [2.45, 2.75) is 38.6 Å². The van der Waals surface area contributed by atoms with E-state index in [4.69, 9.17) is 4.74 Å². The Balaban J connectivity index is 1.75. The molecule has 1 heterocycles. The van der Waals surface area contributed by atoms with Crippen LogP contribution in [-0.4, -0.2) is 30.4 Å². The summed E-state index contributed by atoms with van der Waals surface area (Å²) < 4.78 is 5.37. The predicted molar refractivity (Wildman–Crippen MR) is 107 cm³/mol. The van der Waals surface area contributed by atoms with E-state index in [9.17, 15) is 14.4 Å². The number of fused-ring (bicyclic) bond motifs is 1. The van der Waals surface area contributed by atoms with Crippen LogP contribution in [-0.2, 0) is 24.5 Å². The average molecular weight is 380 g/mol. The second-order valence-corrected chi connectivity index (χ2v) is 7.45. The molecular formula is C22H24N2O4. The number of esters is 1. The molecule has 0 fully saturated rings. The normalized spacial score (nSPS) is 16.6. The maximum Gasteiger partial charge on any atom is 0.316 e. The molecule has 0 spiro atoms. The van der Waals surface area contributed by atoms with Gasteiger partial charge in [0.1, 0.15) is 0 Å². The van der Waals surface area contributed by atoms with Crippen molar-refractivity contribution < 1.29 is 19.1 Å². The first-order valence-corrected chi connectivity index (χ1v) is 9.24. The molecule has 0 aromatic heterocycles. The van der Waals surface area contributed by atoms with Gasteiger partial charge in [-0.15, -0.1) is 0 Å². The Bertz CT molecular complexity index is 892. The lowest BCUT2D eigenvalue weighted by molar-refractivity contribution is -0.152. The molecule has 0 bridgehead atoms. The molecular weight excluding hydrogens is 356 g/mol. The van der Waals surface area contributed by atoms with Crippen LogP contribution >= 0.6 is 0 Å². The van der Waals surface area contributed by atoms with Crippen LogP contribution < -0.4 is 10.2 Å². The first-order valence-electron chi connectivity index (χ1n) is 9.24. The van der Waals surface area contributed by atoms with Gasteiger partial charge in [-0.25, -0.2) is 0 Å². The summed E-state index contributed by atoms with van der Waals surface area (Å²) >= 11 is 0. The third-order valence-corrected chi connectivity index (χ3v) is 4.96. The molecule has 0 saturated heterocycles. The number of para-hydroxylation sites is 2. The summed E-state index contributed by atoms with van der Waals surface area (Å²) in [4.78, 5) is 39.1. The number of anilines is 2. The Hall–Kier alpha value is -3.15. The fourth-order valence-electron chi connectivity index (χ4n) is 3.32. The largest absolute Gasteiger partial charge is 0.455 e. The monoisotopic (exact) mass is 380 g/mol. The first kappa shape index (κ1) is 19.6. The van der Waals surface area contributed by atoms with E-state index in [-0.39, 0.29) is 30.9 Å². The highest BCUT2D eigenvalue weighted by Gasteiger charge is 2.34. The Morgan fingerprint density at radius 2 is 1.75 bits per heavy atom. The van der Waals surface area contributed by atoms with Gasteiger partial charge < -0.3 is 15.0 Å². The van der Waals surface area contributed by atoms with Crippen LogP contribution in [0.3, 0.4) is 0 Å². The summed E-state index contributed by atoms with van der Waals surface area (Å²) in [5.74, 6) is -0.997. The smallest absolute Gasteiger partial charge is 0.316 e. The summed E-state index contributed by atoms with van der Waals surface area (Å²) in [5, 5.41) is 2.81. The number of nitrogens with one attached hydrogen (secondary N) is 1. The molecule has 1 aliphatic heterocycles. The Morgan fingerprint density at radius 1 is 1.11 bits per heavy atom. The number of hydrogen-bond donors (Lipinski definition) is 1. The van der Waals surface area contributed by atoms with Gasteiger partial charge in [-0.2, -0.15) is 0 Å². The van der Waals surface area contributed by atoms with Gasteiger partial charge in [-0.05, 0) is 38.5 Å². The highest BCUT2D eigenvalue weighted by Crippen LogP contribution is 2.31. The second kappa shape index (κ2) is 7.84. The van der Waals surface area contributed by atoms with Gasteiger partial charge in [0.25, 0.3) is 5.91 Å². The average Bonchev–Trinajstić information content (AvgIpc) is 2.80. The molecule has 1 atom stereocenters. The number of rotatable bonds is 4. The SMILES string of the molecule is C[C@@H]1CC(=O)Nc2ccccc2N1C(=O)COC(=O)C(C)(C)c1ccccc1. The zero-order chi connectivity index (χ0) is 20.3. The van der Waals surface area contributed by atoms with E-state index in [0.717, 1.165) is 5.56 Å². The van der Waals surface area contributed by atoms with Gasteiger partial charge in [0.05, 0.1) is 16.8 Å². The molecule has 6 nitrogen and oxygen atoms in total. The van der Waals surface area contributed by atoms with Gasteiger partial charge in [0, 0.05) is 12.5 Å². The van der Waals surface area contributed by atoms with Crippen LogP contribution in [0.5, 0.6) is 0 Å². The highest BCUT2D eigenvalue weighted by molar-refractivity contribution is 6.05. The number of hydrogen-bond acceptors (Lipinski definition) is 4. The molecule has 2 aromatic rings. The Kier molecular flexibility index (Phi) is 5.49. The van der Waals surface area contributed by atoms with Gasteiger partial charge in [-0.1, -0.05) is 42.5 Å². The van der Waals surface area contributed by atoms with Crippen molar-refractivity contribution in [2.75, 3.05) is 16.8 Å². The molecule has 6 heteroatoms. The van der Waals surface area contributed by atoms with Crippen molar-refractivity contribution >= 4 is 29.2 Å². The van der Waals surface area contributed by atoms with Gasteiger partial charge in [-0.3, -0.25) is 14.4 Å². The molecule has 1 N–H and O–H groups in total. The van der Waals surface area contributed by atoms with Crippen molar-refractivity contribution in [3.63, 3.8) is 0 Å². The summed E-state index contributed by atoms with van der Waals surface area (Å²) in [5.41, 5.74) is 1.11. The highest BCUT2D eigenvalue weighted by atomic mass is 16.5. The number of ether oxygens (including phenoxy) is 1. The van der Waals surface area contributed by atoms with E-state index in [1.165, 1.54) is 4.90 Å². The van der Waals surface area contributed by atoms with E-state index < -0.39 is 11.4 Å². The second-order valence-electron chi connectivity index (χ2n) is 7.45. The Morgan fingerprint density at radius 3 is 2.46 bits per heavy atom. The van der Waals surface area contributed by atoms with Gasteiger partial charge in [0.2, 0.25) is 5.91 Å². The summed E-state index contributed by atoms with van der Waals surface area (Å²) in [6.45, 7) is 4.94. The third kappa shape index (κ3) is 3.91. The summed E-state index contributed by atoms with van der Waals surface area (Å²) in [6, 6.07) is 16.1. The molecule has 0 aliphatic carbocycles. The minimum absolute atomic E-state index is 0.155. The molecule has 0 unspecified atom stereocenters. The molecule has 1 aliphatic rings. The lowest BCUT2D eigenvalue weighted by Gasteiger charge is -2.28. The van der Waals surface area contributed by atoms with Crippen molar-refractivity contribution in [3.05, 3.63) is 60.2 Å². The van der Waals surface area contributed by atoms with E-state index in [0.29, 0.717) is 11.4 Å². The molecule has 3 rings (SSSR count). The number of carbonyl (C=O) groups is 3. The maximum absolute atomic E-state index is 12.9. The number of amides is 2. The molecule has 0 saturated carbocycles. The van der Waals surface area contributed by atoms with Crippen molar-refractivity contribution in [1.29, 1.82) is 0 Å². The van der Waals surface area contributed by atoms with Crippen LogP contribution in [0.1, 0.15) is 32.8 Å². The minimum atomic E-state index is -0.874. The number of nitrogens with zero attached hydrogens (tertiary/aromatic N) is 1. The fraction of sp³-hybridized carbons (Fsp3) is 0.318. The maximum atomic E-state index is 12.9. The van der Waals surface area contributed by atoms with Crippen LogP contribution in [0, 0.1) is 0 Å². The summed E-state index contributed by atoms with van der Waals surface area (Å²) in [6.07, 6.45) is 0.171. The van der Waals surface area contributed by atoms with Crippen LogP contribution in [0.15, 0.2) is 54.6 Å². The van der Waals surface area contributed by atoms with Crippen LogP contribution in [0.25, 0.3) is 0 Å². The van der Waals surface area contributed by atoms with E-state index >= 15 is 0 Å². The zero-order valence-electron chi connectivity index (χ0n) is 16.3. The van der Waals surface area contributed by atoms with Crippen molar-refractivity contribution in [1.82, 2.24) is 0 Å². The molecule has 146 valence electrons. The van der Waals surface area contributed by atoms with Crippen molar-refractivity contribution in [3.8, 4) is 0 Å². The number of benzene rings is 2. The van der Waals surface area contributed by atoms with Crippen LogP contribution in [0.2, 0.25) is 0 Å². The standard InChI is InChI=1S/C22H24N2O4/c1-15-13-19(25)23-17-11-7-8-12-18(17)24(15)20(26)14-28-21(27)22(2,3)16-9-5-4-6-10-16/h4-12,15H,13-14H2,1-3H3,(H,23,25)/t15-/m1/s1.